The van der Waals surface area contributed by atoms with Crippen molar-refractivity contribution in [2.24, 2.45) is 5.92 Å². The molecular weight excluding hydrogens is 377 g/mol. The van der Waals surface area contributed by atoms with E-state index in [9.17, 15) is 4.39 Å². The summed E-state index contributed by atoms with van der Waals surface area (Å²) in [5, 5.41) is 3.49. The fourth-order valence-electron chi connectivity index (χ4n) is 3.67. The molecular formula is C25H34FN3O. The summed E-state index contributed by atoms with van der Waals surface area (Å²) in [7, 11) is 2.15. The monoisotopic (exact) mass is 411 g/mol. The van der Waals surface area contributed by atoms with Crippen molar-refractivity contribution in [2.75, 3.05) is 26.7 Å². The second kappa shape index (κ2) is 10.5. The summed E-state index contributed by atoms with van der Waals surface area (Å²) in [6.45, 7) is 12.8. The normalized spacial score (nSPS) is 16.6. The molecule has 0 unspecified atom stereocenters. The number of likely N-dealkylation sites (tertiary alicyclic amines) is 1. The molecule has 1 saturated heterocycles. The van der Waals surface area contributed by atoms with E-state index in [-0.39, 0.29) is 5.82 Å². The number of likely N-dealkylation sites (N-methyl/N-ethyl adjacent to an activating group) is 1. The van der Waals surface area contributed by atoms with E-state index >= 15 is 0 Å². The van der Waals surface area contributed by atoms with Gasteiger partial charge in [-0.05, 0) is 61.3 Å². The Morgan fingerprint density at radius 1 is 1.17 bits per heavy atom. The molecule has 1 aliphatic heterocycles. The summed E-state index contributed by atoms with van der Waals surface area (Å²) in [6.07, 6.45) is 1.10. The van der Waals surface area contributed by atoms with Crippen molar-refractivity contribution in [3.63, 3.8) is 0 Å². The Bertz CT molecular complexity index is 804. The molecule has 5 heteroatoms. The van der Waals surface area contributed by atoms with Crippen molar-refractivity contribution >= 4 is 0 Å². The number of ether oxygens (including phenoxy) is 1. The van der Waals surface area contributed by atoms with Gasteiger partial charge < -0.3 is 19.9 Å². The lowest BCUT2D eigenvalue weighted by Gasteiger charge is -2.33. The topological polar surface area (TPSA) is 27.7 Å². The molecule has 2 aromatic carbocycles. The Balaban J connectivity index is 1.60. The van der Waals surface area contributed by atoms with Gasteiger partial charge in [0.05, 0.1) is 12.4 Å². The van der Waals surface area contributed by atoms with Crippen molar-refractivity contribution in [3.8, 4) is 5.75 Å². The first kappa shape index (κ1) is 22.2. The van der Waals surface area contributed by atoms with Crippen LogP contribution in [0.15, 0.2) is 60.9 Å². The minimum atomic E-state index is -0.205. The first-order valence-electron chi connectivity index (χ1n) is 10.7. The van der Waals surface area contributed by atoms with Crippen LogP contribution < -0.4 is 10.1 Å². The fraction of sp³-hybridized carbons (Fsp3) is 0.440. The predicted octanol–water partition coefficient (Wildman–Crippen LogP) is 4.63. The number of hydrogen-bond acceptors (Lipinski definition) is 4. The Morgan fingerprint density at radius 3 is 2.43 bits per heavy atom. The van der Waals surface area contributed by atoms with E-state index in [1.54, 1.807) is 0 Å². The van der Waals surface area contributed by atoms with E-state index in [0.29, 0.717) is 25.0 Å². The van der Waals surface area contributed by atoms with Gasteiger partial charge in [0.1, 0.15) is 11.6 Å². The largest absolute Gasteiger partial charge is 0.493 e. The van der Waals surface area contributed by atoms with Crippen molar-refractivity contribution in [2.45, 2.75) is 39.4 Å². The molecule has 0 radical (unpaired) electrons. The molecule has 0 bridgehead atoms. The lowest BCUT2D eigenvalue weighted by Crippen LogP contribution is -2.40. The minimum Gasteiger partial charge on any atom is -0.493 e. The predicted molar refractivity (Wildman–Crippen MR) is 121 cm³/mol. The van der Waals surface area contributed by atoms with Crippen molar-refractivity contribution < 1.29 is 9.13 Å². The highest BCUT2D eigenvalue weighted by Crippen LogP contribution is 2.21. The quantitative estimate of drug-likeness (QED) is 0.617. The summed E-state index contributed by atoms with van der Waals surface area (Å²) in [4.78, 5) is 4.66. The van der Waals surface area contributed by atoms with Gasteiger partial charge in [-0.3, -0.25) is 0 Å². The maximum absolute atomic E-state index is 13.3. The zero-order chi connectivity index (χ0) is 21.5. The summed E-state index contributed by atoms with van der Waals surface area (Å²) in [5.74, 6) is 2.11. The van der Waals surface area contributed by atoms with Crippen LogP contribution in [0, 0.1) is 11.7 Å². The summed E-state index contributed by atoms with van der Waals surface area (Å²) >= 11 is 0. The third kappa shape index (κ3) is 6.49. The molecule has 1 aliphatic rings. The Labute approximate surface area is 180 Å². The van der Waals surface area contributed by atoms with Gasteiger partial charge in [-0.15, -0.1) is 0 Å². The van der Waals surface area contributed by atoms with Crippen molar-refractivity contribution in [1.82, 2.24) is 15.1 Å². The van der Waals surface area contributed by atoms with Crippen molar-refractivity contribution in [1.29, 1.82) is 0 Å². The van der Waals surface area contributed by atoms with Crippen LogP contribution in [0.25, 0.3) is 0 Å². The molecule has 30 heavy (non-hydrogen) atoms. The zero-order valence-corrected chi connectivity index (χ0v) is 18.4. The van der Waals surface area contributed by atoms with E-state index in [0.717, 1.165) is 43.3 Å². The molecule has 0 saturated carbocycles. The van der Waals surface area contributed by atoms with Gasteiger partial charge in [0.25, 0.3) is 0 Å². The van der Waals surface area contributed by atoms with Gasteiger partial charge in [0.2, 0.25) is 0 Å². The molecule has 0 amide bonds. The maximum atomic E-state index is 13.3. The average molecular weight is 412 g/mol. The summed E-state index contributed by atoms with van der Waals surface area (Å²) in [6, 6.07) is 15.4. The van der Waals surface area contributed by atoms with E-state index in [2.05, 4.69) is 54.7 Å². The van der Waals surface area contributed by atoms with Gasteiger partial charge >= 0.3 is 0 Å². The number of halogens is 1. The van der Waals surface area contributed by atoms with Crippen LogP contribution in [-0.4, -0.2) is 42.6 Å². The van der Waals surface area contributed by atoms with E-state index < -0.39 is 0 Å². The number of hydrogen-bond donors (Lipinski definition) is 1. The molecule has 4 nitrogen and oxygen atoms in total. The van der Waals surface area contributed by atoms with Crippen LogP contribution in [0.3, 0.4) is 0 Å². The number of rotatable bonds is 10. The molecule has 2 aromatic rings. The molecule has 1 fully saturated rings. The minimum absolute atomic E-state index is 0.205. The third-order valence-corrected chi connectivity index (χ3v) is 5.42. The number of nitrogens with zero attached hydrogens (tertiary/aromatic N) is 2. The highest BCUT2D eigenvalue weighted by molar-refractivity contribution is 5.27. The fourth-order valence-corrected chi connectivity index (χ4v) is 3.67. The van der Waals surface area contributed by atoms with Gasteiger partial charge in [0.15, 0.2) is 0 Å². The maximum Gasteiger partial charge on any atom is 0.123 e. The molecule has 1 heterocycles. The second-order valence-corrected chi connectivity index (χ2v) is 8.61. The molecule has 0 spiro atoms. The SMILES string of the molecule is C=C(NCc1ccc(OCC(C)C)cc1)N(Cc1ccc(F)cc1)[C@@H]1CCN(C)C1. The first-order chi connectivity index (χ1) is 14.4. The highest BCUT2D eigenvalue weighted by atomic mass is 19.1. The summed E-state index contributed by atoms with van der Waals surface area (Å²) < 4.78 is 19.1. The standard InChI is InChI=1S/C25H34FN3O/c1-19(2)18-30-25-11-7-21(8-12-25)15-27-20(3)29(24-13-14-28(4)17-24)16-22-5-9-23(26)10-6-22/h5-12,19,24,27H,3,13-18H2,1-2,4H3/t24-/m1/s1. The van der Waals surface area contributed by atoms with Crippen LogP contribution in [0.1, 0.15) is 31.4 Å². The highest BCUT2D eigenvalue weighted by Gasteiger charge is 2.26. The van der Waals surface area contributed by atoms with Crippen LogP contribution in [0.2, 0.25) is 0 Å². The molecule has 1 N–H and O–H groups in total. The van der Waals surface area contributed by atoms with Gasteiger partial charge in [-0.1, -0.05) is 44.7 Å². The lowest BCUT2D eigenvalue weighted by atomic mass is 10.1. The Hall–Kier alpha value is -2.53. The van der Waals surface area contributed by atoms with E-state index in [1.165, 1.54) is 17.7 Å². The van der Waals surface area contributed by atoms with Gasteiger partial charge in [0, 0.05) is 25.7 Å². The summed E-state index contributed by atoms with van der Waals surface area (Å²) in [5.41, 5.74) is 2.26. The van der Waals surface area contributed by atoms with Crippen LogP contribution in [0.5, 0.6) is 5.75 Å². The van der Waals surface area contributed by atoms with Crippen LogP contribution >= 0.6 is 0 Å². The zero-order valence-electron chi connectivity index (χ0n) is 18.4. The number of benzene rings is 2. The third-order valence-electron chi connectivity index (χ3n) is 5.42. The van der Waals surface area contributed by atoms with Crippen molar-refractivity contribution in [3.05, 3.63) is 77.9 Å². The van der Waals surface area contributed by atoms with E-state index in [4.69, 9.17) is 4.74 Å². The van der Waals surface area contributed by atoms with E-state index in [1.807, 2.05) is 24.3 Å². The van der Waals surface area contributed by atoms with Crippen LogP contribution in [-0.2, 0) is 13.1 Å². The Kier molecular flexibility index (Phi) is 7.75. The molecule has 162 valence electrons. The second-order valence-electron chi connectivity index (χ2n) is 8.61. The van der Waals surface area contributed by atoms with Crippen LogP contribution in [0.4, 0.5) is 4.39 Å². The molecule has 1 atom stereocenters. The molecule has 0 aliphatic carbocycles. The van der Waals surface area contributed by atoms with Gasteiger partial charge in [-0.2, -0.15) is 0 Å². The number of nitrogens with one attached hydrogen (secondary N) is 1. The molecule has 3 rings (SSSR count). The Morgan fingerprint density at radius 2 is 1.83 bits per heavy atom. The lowest BCUT2D eigenvalue weighted by molar-refractivity contribution is 0.227. The first-order valence-corrected chi connectivity index (χ1v) is 10.7. The average Bonchev–Trinajstić information content (AvgIpc) is 3.16. The smallest absolute Gasteiger partial charge is 0.123 e. The molecule has 0 aromatic heterocycles. The van der Waals surface area contributed by atoms with Gasteiger partial charge in [-0.25, -0.2) is 4.39 Å².